The second-order valence-electron chi connectivity index (χ2n) is 7.65. The molecular formula is C24H28N2O5. The van der Waals surface area contributed by atoms with Crippen molar-refractivity contribution in [2.45, 2.75) is 44.6 Å². The van der Waals surface area contributed by atoms with Crippen molar-refractivity contribution in [2.24, 2.45) is 0 Å². The van der Waals surface area contributed by atoms with Crippen LogP contribution in [0.4, 0.5) is 4.79 Å². The van der Waals surface area contributed by atoms with Crippen LogP contribution < -0.4 is 10.6 Å². The molecule has 164 valence electrons. The molecule has 1 atom stereocenters. The maximum absolute atomic E-state index is 12.1. The number of rotatable bonds is 10. The zero-order chi connectivity index (χ0) is 22.2. The van der Waals surface area contributed by atoms with Crippen molar-refractivity contribution in [3.63, 3.8) is 0 Å². The lowest BCUT2D eigenvalue weighted by molar-refractivity contribution is -0.137. The van der Waals surface area contributed by atoms with E-state index in [2.05, 4.69) is 34.9 Å². The van der Waals surface area contributed by atoms with Crippen LogP contribution in [0.25, 0.3) is 11.1 Å². The normalized spacial score (nSPS) is 13.1. The predicted molar refractivity (Wildman–Crippen MR) is 117 cm³/mol. The molecule has 0 bridgehead atoms. The number of amides is 2. The molecule has 0 aromatic heterocycles. The van der Waals surface area contributed by atoms with Crippen molar-refractivity contribution in [3.8, 4) is 11.1 Å². The molecule has 2 aromatic carbocycles. The Morgan fingerprint density at radius 2 is 1.65 bits per heavy atom. The number of carboxylic acid groups (broad SMARTS) is 1. The maximum atomic E-state index is 12.1. The van der Waals surface area contributed by atoms with Crippen LogP contribution in [0.5, 0.6) is 0 Å². The molecule has 0 radical (unpaired) electrons. The van der Waals surface area contributed by atoms with Crippen molar-refractivity contribution >= 4 is 18.0 Å². The molecule has 1 aliphatic rings. The Bertz CT molecular complexity index is 898. The lowest BCUT2D eigenvalue weighted by Crippen LogP contribution is -2.38. The molecule has 7 heteroatoms. The van der Waals surface area contributed by atoms with Crippen molar-refractivity contribution in [2.75, 3.05) is 13.2 Å². The molecule has 0 unspecified atom stereocenters. The van der Waals surface area contributed by atoms with Crippen LogP contribution in [0, 0.1) is 0 Å². The largest absolute Gasteiger partial charge is 0.481 e. The van der Waals surface area contributed by atoms with E-state index in [9.17, 15) is 14.4 Å². The lowest BCUT2D eigenvalue weighted by Gasteiger charge is -2.16. The summed E-state index contributed by atoms with van der Waals surface area (Å²) in [7, 11) is 0. The molecule has 0 fully saturated rings. The number of aliphatic carboxylic acids is 1. The van der Waals surface area contributed by atoms with Gasteiger partial charge >= 0.3 is 12.1 Å². The van der Waals surface area contributed by atoms with E-state index in [1.165, 1.54) is 0 Å². The van der Waals surface area contributed by atoms with Gasteiger partial charge in [-0.2, -0.15) is 0 Å². The van der Waals surface area contributed by atoms with Crippen LogP contribution in [0.15, 0.2) is 48.5 Å². The van der Waals surface area contributed by atoms with Gasteiger partial charge < -0.3 is 20.5 Å². The highest BCUT2D eigenvalue weighted by atomic mass is 16.5. The first-order chi connectivity index (χ1) is 15.0. The summed E-state index contributed by atoms with van der Waals surface area (Å²) < 4.78 is 5.43. The van der Waals surface area contributed by atoms with Gasteiger partial charge in [0.1, 0.15) is 6.61 Å². The van der Waals surface area contributed by atoms with E-state index in [1.807, 2.05) is 31.2 Å². The topological polar surface area (TPSA) is 105 Å². The van der Waals surface area contributed by atoms with Gasteiger partial charge in [0.2, 0.25) is 5.91 Å². The number of ether oxygens (including phenoxy) is 1. The third-order valence-electron chi connectivity index (χ3n) is 5.39. The molecule has 0 heterocycles. The quantitative estimate of drug-likeness (QED) is 0.540. The fourth-order valence-corrected chi connectivity index (χ4v) is 4.01. The monoisotopic (exact) mass is 424 g/mol. The minimum Gasteiger partial charge on any atom is -0.481 e. The van der Waals surface area contributed by atoms with Gasteiger partial charge in [0, 0.05) is 24.9 Å². The molecule has 3 rings (SSSR count). The summed E-state index contributed by atoms with van der Waals surface area (Å²) in [6, 6.07) is 15.8. The summed E-state index contributed by atoms with van der Waals surface area (Å²) in [5.41, 5.74) is 4.59. The summed E-state index contributed by atoms with van der Waals surface area (Å²) in [5.74, 6) is -1.26. The summed E-state index contributed by atoms with van der Waals surface area (Å²) in [4.78, 5) is 35.0. The van der Waals surface area contributed by atoms with E-state index in [1.54, 1.807) is 0 Å². The van der Waals surface area contributed by atoms with E-state index in [0.717, 1.165) is 28.7 Å². The van der Waals surface area contributed by atoms with Gasteiger partial charge in [-0.3, -0.25) is 9.59 Å². The molecule has 7 nitrogen and oxygen atoms in total. The van der Waals surface area contributed by atoms with Gasteiger partial charge in [-0.1, -0.05) is 61.9 Å². The summed E-state index contributed by atoms with van der Waals surface area (Å²) in [6.07, 6.45) is 0.739. The Balaban J connectivity index is 1.46. The summed E-state index contributed by atoms with van der Waals surface area (Å²) in [5, 5.41) is 14.2. The average molecular weight is 424 g/mol. The van der Waals surface area contributed by atoms with Crippen LogP contribution >= 0.6 is 0 Å². The van der Waals surface area contributed by atoms with Crippen molar-refractivity contribution in [3.05, 3.63) is 59.7 Å². The smallest absolute Gasteiger partial charge is 0.407 e. The third kappa shape index (κ3) is 5.84. The molecule has 2 aromatic rings. The van der Waals surface area contributed by atoms with Crippen molar-refractivity contribution < 1.29 is 24.2 Å². The second-order valence-corrected chi connectivity index (χ2v) is 7.65. The Morgan fingerprint density at radius 1 is 1.03 bits per heavy atom. The molecular weight excluding hydrogens is 396 g/mol. The molecule has 1 aliphatic carbocycles. The molecule has 31 heavy (non-hydrogen) atoms. The van der Waals surface area contributed by atoms with Crippen LogP contribution in [0.2, 0.25) is 0 Å². The number of carboxylic acids is 1. The van der Waals surface area contributed by atoms with Gasteiger partial charge in [-0.05, 0) is 28.7 Å². The first-order valence-corrected chi connectivity index (χ1v) is 10.6. The number of hydrogen-bond acceptors (Lipinski definition) is 4. The summed E-state index contributed by atoms with van der Waals surface area (Å²) in [6.45, 7) is 2.26. The standard InChI is InChI=1S/C24H28N2O5/c1-2-7-16(14-23(28)29)26-22(27)12-13-25-24(30)31-15-21-19-10-5-3-8-17(19)18-9-4-6-11-20(18)21/h3-6,8-11,16,21H,2,7,12-15H2,1H3,(H,25,30)(H,26,27)(H,28,29)/t16-/m0/s1. The van der Waals surface area contributed by atoms with Crippen LogP contribution in [-0.2, 0) is 14.3 Å². The number of benzene rings is 2. The van der Waals surface area contributed by atoms with Gasteiger partial charge in [-0.15, -0.1) is 0 Å². The number of carbonyl (C=O) groups excluding carboxylic acids is 2. The molecule has 0 aliphatic heterocycles. The van der Waals surface area contributed by atoms with Crippen molar-refractivity contribution in [1.29, 1.82) is 0 Å². The van der Waals surface area contributed by atoms with Crippen molar-refractivity contribution in [1.82, 2.24) is 10.6 Å². The second kappa shape index (κ2) is 10.6. The Hall–Kier alpha value is -3.35. The first-order valence-electron chi connectivity index (χ1n) is 10.6. The zero-order valence-corrected chi connectivity index (χ0v) is 17.6. The predicted octanol–water partition coefficient (Wildman–Crippen LogP) is 3.67. The van der Waals surface area contributed by atoms with Gasteiger partial charge in [-0.25, -0.2) is 4.79 Å². The fourth-order valence-electron chi connectivity index (χ4n) is 4.01. The molecule has 0 saturated heterocycles. The number of hydrogen-bond donors (Lipinski definition) is 3. The van der Waals surface area contributed by atoms with Gasteiger partial charge in [0.25, 0.3) is 0 Å². The molecule has 3 N–H and O–H groups in total. The molecule has 0 spiro atoms. The van der Waals surface area contributed by atoms with Crippen LogP contribution in [0.3, 0.4) is 0 Å². The Labute approximate surface area is 181 Å². The van der Waals surface area contributed by atoms with Gasteiger partial charge in [0.15, 0.2) is 0 Å². The SMILES string of the molecule is CCC[C@@H](CC(=O)O)NC(=O)CCNC(=O)OCC1c2ccccc2-c2ccccc21. The maximum Gasteiger partial charge on any atom is 0.407 e. The van der Waals surface area contributed by atoms with E-state index < -0.39 is 18.1 Å². The average Bonchev–Trinajstić information content (AvgIpc) is 3.06. The van der Waals surface area contributed by atoms with Crippen LogP contribution in [0.1, 0.15) is 49.7 Å². The molecule has 0 saturated carbocycles. The Kier molecular flexibility index (Phi) is 7.65. The zero-order valence-electron chi connectivity index (χ0n) is 17.6. The highest BCUT2D eigenvalue weighted by molar-refractivity contribution is 5.79. The highest BCUT2D eigenvalue weighted by Gasteiger charge is 2.29. The fraction of sp³-hybridized carbons (Fsp3) is 0.375. The minimum absolute atomic E-state index is 0.0210. The number of nitrogens with one attached hydrogen (secondary N) is 2. The number of carbonyl (C=O) groups is 3. The van der Waals surface area contributed by atoms with E-state index in [0.29, 0.717) is 6.42 Å². The number of fused-ring (bicyclic) bond motifs is 3. The first kappa shape index (κ1) is 22.3. The number of alkyl carbamates (subject to hydrolysis) is 1. The van der Waals surface area contributed by atoms with E-state index >= 15 is 0 Å². The third-order valence-corrected chi connectivity index (χ3v) is 5.39. The Morgan fingerprint density at radius 3 is 2.23 bits per heavy atom. The lowest BCUT2D eigenvalue weighted by atomic mass is 9.98. The van der Waals surface area contributed by atoms with Crippen LogP contribution in [-0.4, -0.2) is 42.3 Å². The van der Waals surface area contributed by atoms with E-state index in [-0.39, 0.29) is 37.8 Å². The van der Waals surface area contributed by atoms with Gasteiger partial charge in [0.05, 0.1) is 6.42 Å². The molecule has 2 amide bonds. The van der Waals surface area contributed by atoms with E-state index in [4.69, 9.17) is 9.84 Å². The highest BCUT2D eigenvalue weighted by Crippen LogP contribution is 2.44. The minimum atomic E-state index is -0.949. The summed E-state index contributed by atoms with van der Waals surface area (Å²) >= 11 is 0.